The molecule has 1 aromatic heterocycles. The lowest BCUT2D eigenvalue weighted by molar-refractivity contribution is 0.527. The van der Waals surface area contributed by atoms with E-state index in [4.69, 9.17) is 0 Å². The van der Waals surface area contributed by atoms with Gasteiger partial charge in [0.1, 0.15) is 0 Å². The maximum atomic E-state index is 3.69. The topological polar surface area (TPSA) is 12.0 Å². The van der Waals surface area contributed by atoms with Crippen molar-refractivity contribution in [3.8, 4) is 0 Å². The van der Waals surface area contributed by atoms with Crippen LogP contribution in [0.15, 0.2) is 44.7 Å². The molecule has 0 aliphatic carbocycles. The highest BCUT2D eigenvalue weighted by Crippen LogP contribution is 2.30. The lowest BCUT2D eigenvalue weighted by Gasteiger charge is -2.20. The molecule has 20 heavy (non-hydrogen) atoms. The summed E-state index contributed by atoms with van der Waals surface area (Å²) < 4.78 is 2.38. The molecule has 0 saturated heterocycles. The third-order valence-electron chi connectivity index (χ3n) is 3.19. The predicted molar refractivity (Wildman–Crippen MR) is 95.7 cm³/mol. The summed E-state index contributed by atoms with van der Waals surface area (Å²) in [5.41, 5.74) is 1.38. The SMILES string of the molecule is CC(C)NCC(Cc1cc(Br)cs1)c1ccccc1Br. The molecule has 0 fully saturated rings. The summed E-state index contributed by atoms with van der Waals surface area (Å²) in [4.78, 5) is 1.42. The molecule has 0 aliphatic rings. The van der Waals surface area contributed by atoms with E-state index in [2.05, 4.69) is 86.7 Å². The lowest BCUT2D eigenvalue weighted by Crippen LogP contribution is -2.29. The Morgan fingerprint density at radius 2 is 1.95 bits per heavy atom. The van der Waals surface area contributed by atoms with Gasteiger partial charge in [-0.25, -0.2) is 0 Å². The van der Waals surface area contributed by atoms with Crippen molar-refractivity contribution in [2.24, 2.45) is 0 Å². The molecule has 0 spiro atoms. The van der Waals surface area contributed by atoms with E-state index < -0.39 is 0 Å². The second-order valence-corrected chi connectivity index (χ2v) is 7.98. The van der Waals surface area contributed by atoms with Crippen molar-refractivity contribution in [1.82, 2.24) is 5.32 Å². The Hall–Kier alpha value is -0.160. The molecule has 1 aromatic carbocycles. The minimum Gasteiger partial charge on any atom is -0.314 e. The van der Waals surface area contributed by atoms with Crippen molar-refractivity contribution in [3.63, 3.8) is 0 Å². The minimum absolute atomic E-state index is 0.485. The van der Waals surface area contributed by atoms with E-state index >= 15 is 0 Å². The van der Waals surface area contributed by atoms with Crippen molar-refractivity contribution in [2.75, 3.05) is 6.54 Å². The van der Waals surface area contributed by atoms with Gasteiger partial charge in [-0.1, -0.05) is 48.0 Å². The zero-order chi connectivity index (χ0) is 14.5. The van der Waals surface area contributed by atoms with Gasteiger partial charge in [0.05, 0.1) is 0 Å². The molecule has 2 aromatic rings. The monoisotopic (exact) mass is 415 g/mol. The maximum Gasteiger partial charge on any atom is 0.0285 e. The minimum atomic E-state index is 0.485. The van der Waals surface area contributed by atoms with E-state index in [1.54, 1.807) is 0 Å². The Morgan fingerprint density at radius 1 is 1.20 bits per heavy atom. The average molecular weight is 417 g/mol. The highest BCUT2D eigenvalue weighted by atomic mass is 79.9. The zero-order valence-corrected chi connectivity index (χ0v) is 15.7. The highest BCUT2D eigenvalue weighted by Gasteiger charge is 2.16. The fourth-order valence-electron chi connectivity index (χ4n) is 2.18. The van der Waals surface area contributed by atoms with Gasteiger partial charge in [-0.2, -0.15) is 0 Å². The average Bonchev–Trinajstić information content (AvgIpc) is 2.81. The molecule has 0 radical (unpaired) electrons. The first-order chi connectivity index (χ1) is 9.56. The third kappa shape index (κ3) is 4.69. The van der Waals surface area contributed by atoms with Crippen molar-refractivity contribution in [3.05, 3.63) is 55.1 Å². The number of halogens is 2. The summed E-state index contributed by atoms with van der Waals surface area (Å²) in [5, 5.41) is 5.73. The van der Waals surface area contributed by atoms with E-state index in [0.29, 0.717) is 12.0 Å². The number of nitrogens with one attached hydrogen (secondary N) is 1. The van der Waals surface area contributed by atoms with Gasteiger partial charge in [0, 0.05) is 37.7 Å². The summed E-state index contributed by atoms with van der Waals surface area (Å²) in [6.07, 6.45) is 1.07. The van der Waals surface area contributed by atoms with E-state index in [0.717, 1.165) is 13.0 Å². The van der Waals surface area contributed by atoms with Crippen molar-refractivity contribution in [2.45, 2.75) is 32.2 Å². The van der Waals surface area contributed by atoms with Gasteiger partial charge >= 0.3 is 0 Å². The standard InChI is InChI=1S/C16H19Br2NS/c1-11(2)19-9-12(7-14-8-13(17)10-20-14)15-5-3-4-6-16(15)18/h3-6,8,10-12,19H,7,9H2,1-2H3. The van der Waals surface area contributed by atoms with Crippen LogP contribution in [0.1, 0.15) is 30.2 Å². The molecule has 1 unspecified atom stereocenters. The van der Waals surface area contributed by atoms with Crippen LogP contribution in [0.3, 0.4) is 0 Å². The molecule has 2 rings (SSSR count). The second kappa shape index (κ2) is 7.74. The number of benzene rings is 1. The molecule has 108 valence electrons. The quantitative estimate of drug-likeness (QED) is 0.646. The van der Waals surface area contributed by atoms with Gasteiger partial charge in [-0.05, 0) is 40.0 Å². The smallest absolute Gasteiger partial charge is 0.0285 e. The molecule has 0 amide bonds. The Morgan fingerprint density at radius 3 is 2.55 bits per heavy atom. The molecular weight excluding hydrogens is 398 g/mol. The van der Waals surface area contributed by atoms with Crippen LogP contribution in [0, 0.1) is 0 Å². The van der Waals surface area contributed by atoms with Gasteiger partial charge in [-0.15, -0.1) is 11.3 Å². The van der Waals surface area contributed by atoms with Crippen LogP contribution in [0.4, 0.5) is 0 Å². The number of hydrogen-bond acceptors (Lipinski definition) is 2. The van der Waals surface area contributed by atoms with Crippen LogP contribution in [-0.4, -0.2) is 12.6 Å². The molecule has 0 aliphatic heterocycles. The van der Waals surface area contributed by atoms with Crippen LogP contribution in [0.25, 0.3) is 0 Å². The molecule has 1 nitrogen and oxygen atoms in total. The first kappa shape index (κ1) is 16.2. The molecule has 0 saturated carbocycles. The molecule has 1 atom stereocenters. The Labute approximate surface area is 142 Å². The number of rotatable bonds is 6. The van der Waals surface area contributed by atoms with Crippen LogP contribution in [-0.2, 0) is 6.42 Å². The Bertz CT molecular complexity index is 551. The molecule has 1 N–H and O–H groups in total. The van der Waals surface area contributed by atoms with Crippen LogP contribution in [0.2, 0.25) is 0 Å². The Balaban J connectivity index is 2.18. The van der Waals surface area contributed by atoms with Crippen LogP contribution < -0.4 is 5.32 Å². The van der Waals surface area contributed by atoms with Gasteiger partial charge in [0.15, 0.2) is 0 Å². The maximum absolute atomic E-state index is 3.69. The Kier molecular flexibility index (Phi) is 6.27. The van der Waals surface area contributed by atoms with E-state index in [1.165, 1.54) is 19.4 Å². The first-order valence-corrected chi connectivity index (χ1v) is 9.23. The molecule has 0 bridgehead atoms. The predicted octanol–water partition coefficient (Wildman–Crippen LogP) is 5.60. The van der Waals surface area contributed by atoms with Gasteiger partial charge in [0.2, 0.25) is 0 Å². The molecular formula is C16H19Br2NS. The van der Waals surface area contributed by atoms with Gasteiger partial charge in [0.25, 0.3) is 0 Å². The second-order valence-electron chi connectivity index (χ2n) is 5.22. The van der Waals surface area contributed by atoms with Crippen molar-refractivity contribution >= 4 is 43.2 Å². The summed E-state index contributed by atoms with van der Waals surface area (Å²) in [6.45, 7) is 5.38. The number of hydrogen-bond donors (Lipinski definition) is 1. The van der Waals surface area contributed by atoms with E-state index in [9.17, 15) is 0 Å². The fourth-order valence-corrected chi connectivity index (χ4v) is 4.32. The zero-order valence-electron chi connectivity index (χ0n) is 11.7. The lowest BCUT2D eigenvalue weighted by atomic mass is 9.94. The fraction of sp³-hybridized carbons (Fsp3) is 0.375. The van der Waals surface area contributed by atoms with Crippen LogP contribution >= 0.6 is 43.2 Å². The highest BCUT2D eigenvalue weighted by molar-refractivity contribution is 9.10. The normalized spacial score (nSPS) is 12.8. The summed E-state index contributed by atoms with van der Waals surface area (Å²) >= 11 is 9.05. The van der Waals surface area contributed by atoms with Gasteiger partial charge < -0.3 is 5.32 Å². The third-order valence-corrected chi connectivity index (χ3v) is 5.63. The molecule has 4 heteroatoms. The van der Waals surface area contributed by atoms with Gasteiger partial charge in [-0.3, -0.25) is 0 Å². The van der Waals surface area contributed by atoms with E-state index in [-0.39, 0.29) is 0 Å². The largest absolute Gasteiger partial charge is 0.314 e. The summed E-state index contributed by atoms with van der Waals surface area (Å²) in [5.74, 6) is 0.485. The van der Waals surface area contributed by atoms with Crippen molar-refractivity contribution in [1.29, 1.82) is 0 Å². The van der Waals surface area contributed by atoms with E-state index in [1.807, 2.05) is 11.3 Å². The first-order valence-electron chi connectivity index (χ1n) is 6.77. The van der Waals surface area contributed by atoms with Crippen LogP contribution in [0.5, 0.6) is 0 Å². The van der Waals surface area contributed by atoms with Crippen molar-refractivity contribution < 1.29 is 0 Å². The number of thiophene rings is 1. The summed E-state index contributed by atoms with van der Waals surface area (Å²) in [7, 11) is 0. The molecule has 1 heterocycles. The summed E-state index contributed by atoms with van der Waals surface area (Å²) in [6, 6.07) is 11.3.